The molecule has 3 N–H and O–H groups in total. The van der Waals surface area contributed by atoms with Gasteiger partial charge in [-0.05, 0) is 31.8 Å². The van der Waals surface area contributed by atoms with Crippen LogP contribution in [-0.4, -0.2) is 49.9 Å². The number of likely N-dealkylation sites (N-methyl/N-ethyl adjacent to an activating group) is 2. The summed E-state index contributed by atoms with van der Waals surface area (Å²) in [4.78, 5) is 3.99. The van der Waals surface area contributed by atoms with Crippen LogP contribution in [-0.2, 0) is 0 Å². The smallest absolute Gasteiger partial charge is 0.129 e. The molecule has 0 unspecified atom stereocenters. The summed E-state index contributed by atoms with van der Waals surface area (Å²) in [6, 6.07) is 5.64. The lowest BCUT2D eigenvalue weighted by molar-refractivity contribution is 0.356. The summed E-state index contributed by atoms with van der Waals surface area (Å²) in [7, 11) is 5.95. The predicted molar refractivity (Wildman–Crippen MR) is 79.0 cm³/mol. The fraction of sp³-hybridized carbons (Fsp3) is 0.357. The molecule has 0 aliphatic rings. The number of nitrogens with zero attached hydrogens (tertiary/aromatic N) is 2. The molecular formula is C14H22N4. The van der Waals surface area contributed by atoms with Crippen LogP contribution < -0.4 is 5.73 Å². The van der Waals surface area contributed by atoms with E-state index < -0.39 is 0 Å². The second kappa shape index (κ2) is 6.21. The molecule has 4 nitrogen and oxygen atoms in total. The zero-order valence-corrected chi connectivity index (χ0v) is 11.4. The Morgan fingerprint density at radius 3 is 2.50 bits per heavy atom. The molecular weight excluding hydrogens is 224 g/mol. The van der Waals surface area contributed by atoms with E-state index in [2.05, 4.69) is 11.5 Å². The van der Waals surface area contributed by atoms with Gasteiger partial charge in [-0.3, -0.25) is 5.41 Å². The summed E-state index contributed by atoms with van der Waals surface area (Å²) in [5.41, 5.74) is 8.32. The molecule has 1 aromatic rings. The van der Waals surface area contributed by atoms with Crippen molar-refractivity contribution in [1.82, 2.24) is 9.80 Å². The van der Waals surface area contributed by atoms with Crippen molar-refractivity contribution in [2.45, 2.75) is 0 Å². The summed E-state index contributed by atoms with van der Waals surface area (Å²) < 4.78 is 0. The summed E-state index contributed by atoms with van der Waals surface area (Å²) >= 11 is 0. The van der Waals surface area contributed by atoms with Crippen LogP contribution in [0.5, 0.6) is 0 Å². The van der Waals surface area contributed by atoms with Crippen molar-refractivity contribution >= 4 is 17.6 Å². The first-order valence-corrected chi connectivity index (χ1v) is 5.92. The summed E-state index contributed by atoms with van der Waals surface area (Å²) in [5, 5.41) is 8.15. The molecule has 0 saturated heterocycles. The van der Waals surface area contributed by atoms with Crippen LogP contribution in [0.4, 0.5) is 5.69 Å². The number of nitrogen functional groups attached to an aromatic ring is 1. The molecule has 4 heteroatoms. The Morgan fingerprint density at radius 2 is 2.00 bits per heavy atom. The Bertz CT molecular complexity index is 437. The van der Waals surface area contributed by atoms with Crippen LogP contribution >= 0.6 is 0 Å². The molecule has 1 rings (SSSR count). The third-order valence-corrected chi connectivity index (χ3v) is 2.83. The number of benzene rings is 1. The number of nitrogens with one attached hydrogen (secondary N) is 1. The molecule has 0 bridgehead atoms. The fourth-order valence-electron chi connectivity index (χ4n) is 1.59. The van der Waals surface area contributed by atoms with E-state index in [0.717, 1.165) is 24.2 Å². The highest BCUT2D eigenvalue weighted by Gasteiger charge is 2.10. The van der Waals surface area contributed by atoms with Gasteiger partial charge in [0.15, 0.2) is 0 Å². The van der Waals surface area contributed by atoms with Crippen LogP contribution in [0.2, 0.25) is 0 Å². The molecule has 0 heterocycles. The van der Waals surface area contributed by atoms with Gasteiger partial charge >= 0.3 is 0 Å². The largest absolute Gasteiger partial charge is 0.398 e. The lowest BCUT2D eigenvalue weighted by Gasteiger charge is -2.23. The minimum absolute atomic E-state index is 0.449. The highest BCUT2D eigenvalue weighted by Crippen LogP contribution is 2.16. The van der Waals surface area contributed by atoms with Crippen LogP contribution in [0.3, 0.4) is 0 Å². The van der Waals surface area contributed by atoms with E-state index >= 15 is 0 Å². The van der Waals surface area contributed by atoms with Crippen LogP contribution in [0, 0.1) is 5.41 Å². The Labute approximate surface area is 109 Å². The van der Waals surface area contributed by atoms with Crippen molar-refractivity contribution < 1.29 is 0 Å². The van der Waals surface area contributed by atoms with Crippen molar-refractivity contribution in [2.75, 3.05) is 40.0 Å². The average Bonchev–Trinajstić information content (AvgIpc) is 2.34. The zero-order chi connectivity index (χ0) is 13.7. The molecule has 0 fully saturated rings. The van der Waals surface area contributed by atoms with Gasteiger partial charge in [-0.2, -0.15) is 0 Å². The van der Waals surface area contributed by atoms with Crippen LogP contribution in [0.15, 0.2) is 24.8 Å². The number of hydrogen-bond donors (Lipinski definition) is 2. The number of rotatable bonds is 5. The summed E-state index contributed by atoms with van der Waals surface area (Å²) in [6.07, 6.45) is 1.75. The van der Waals surface area contributed by atoms with Gasteiger partial charge in [-0.1, -0.05) is 18.7 Å². The maximum atomic E-state index is 8.15. The second-order valence-electron chi connectivity index (χ2n) is 4.62. The predicted octanol–water partition coefficient (Wildman–Crippen LogP) is 1.73. The van der Waals surface area contributed by atoms with E-state index in [1.807, 2.05) is 44.2 Å². The van der Waals surface area contributed by atoms with Crippen molar-refractivity contribution in [2.24, 2.45) is 0 Å². The molecule has 0 aliphatic heterocycles. The van der Waals surface area contributed by atoms with Gasteiger partial charge in [-0.25, -0.2) is 0 Å². The van der Waals surface area contributed by atoms with E-state index in [-0.39, 0.29) is 0 Å². The Kier molecular flexibility index (Phi) is 4.92. The number of hydrogen-bond acceptors (Lipinski definition) is 3. The molecule has 0 spiro atoms. The van der Waals surface area contributed by atoms with E-state index in [4.69, 9.17) is 11.1 Å². The molecule has 0 atom stereocenters. The first kappa shape index (κ1) is 14.3. The standard InChI is InChI=1S/C14H22N4/c1-5-11-6-7-12(13(15)10-11)14(16)18(4)9-8-17(2)3/h5-7,10,16H,1,8-9,15H2,2-4H3. The minimum Gasteiger partial charge on any atom is -0.398 e. The molecule has 1 aromatic carbocycles. The van der Waals surface area contributed by atoms with Gasteiger partial charge in [0.25, 0.3) is 0 Å². The van der Waals surface area contributed by atoms with Gasteiger partial charge in [0.05, 0.1) is 0 Å². The quantitative estimate of drug-likeness (QED) is 0.472. The van der Waals surface area contributed by atoms with Crippen LogP contribution in [0.1, 0.15) is 11.1 Å². The zero-order valence-electron chi connectivity index (χ0n) is 11.4. The van der Waals surface area contributed by atoms with Gasteiger partial charge in [0.2, 0.25) is 0 Å². The topological polar surface area (TPSA) is 56.4 Å². The highest BCUT2D eigenvalue weighted by atomic mass is 15.2. The molecule has 0 aliphatic carbocycles. The van der Waals surface area contributed by atoms with Crippen molar-refractivity contribution in [1.29, 1.82) is 5.41 Å². The minimum atomic E-state index is 0.449. The number of anilines is 1. The summed E-state index contributed by atoms with van der Waals surface area (Å²) in [6.45, 7) is 5.41. The molecule has 0 saturated carbocycles. The second-order valence-corrected chi connectivity index (χ2v) is 4.62. The van der Waals surface area contributed by atoms with Gasteiger partial charge < -0.3 is 15.5 Å². The molecule has 0 aromatic heterocycles. The maximum Gasteiger partial charge on any atom is 0.129 e. The molecule has 98 valence electrons. The first-order chi connectivity index (χ1) is 8.45. The van der Waals surface area contributed by atoms with Crippen LogP contribution in [0.25, 0.3) is 6.08 Å². The molecule has 0 amide bonds. The molecule has 0 radical (unpaired) electrons. The fourth-order valence-corrected chi connectivity index (χ4v) is 1.59. The highest BCUT2D eigenvalue weighted by molar-refractivity contribution is 6.01. The summed E-state index contributed by atoms with van der Waals surface area (Å²) in [5.74, 6) is 0.449. The average molecular weight is 246 g/mol. The van der Waals surface area contributed by atoms with Gasteiger partial charge in [-0.15, -0.1) is 0 Å². The lowest BCUT2D eigenvalue weighted by atomic mass is 10.1. The van der Waals surface area contributed by atoms with Crippen molar-refractivity contribution in [3.63, 3.8) is 0 Å². The number of amidine groups is 1. The first-order valence-electron chi connectivity index (χ1n) is 5.92. The Morgan fingerprint density at radius 1 is 1.33 bits per heavy atom. The third kappa shape index (κ3) is 3.60. The Hall–Kier alpha value is -1.81. The lowest BCUT2D eigenvalue weighted by Crippen LogP contribution is -2.33. The van der Waals surface area contributed by atoms with E-state index in [1.54, 1.807) is 6.08 Å². The van der Waals surface area contributed by atoms with Gasteiger partial charge in [0.1, 0.15) is 5.84 Å². The van der Waals surface area contributed by atoms with E-state index in [0.29, 0.717) is 11.5 Å². The van der Waals surface area contributed by atoms with Gasteiger partial charge in [0, 0.05) is 31.4 Å². The Balaban J connectivity index is 2.80. The third-order valence-electron chi connectivity index (χ3n) is 2.83. The molecule has 18 heavy (non-hydrogen) atoms. The monoisotopic (exact) mass is 246 g/mol. The van der Waals surface area contributed by atoms with Crippen molar-refractivity contribution in [3.8, 4) is 0 Å². The number of nitrogens with two attached hydrogens (primary N) is 1. The normalized spacial score (nSPS) is 10.4. The SMILES string of the molecule is C=Cc1ccc(C(=N)N(C)CCN(C)C)c(N)c1. The van der Waals surface area contributed by atoms with E-state index in [1.165, 1.54) is 0 Å². The van der Waals surface area contributed by atoms with Crippen molar-refractivity contribution in [3.05, 3.63) is 35.9 Å². The van der Waals surface area contributed by atoms with E-state index in [9.17, 15) is 0 Å². The maximum absolute atomic E-state index is 8.15.